The lowest BCUT2D eigenvalue weighted by Crippen LogP contribution is -2.52. The van der Waals surface area contributed by atoms with Crippen LogP contribution in [0.25, 0.3) is 0 Å². The summed E-state index contributed by atoms with van der Waals surface area (Å²) in [4.78, 5) is 2.67. The molecule has 3 unspecified atom stereocenters. The van der Waals surface area contributed by atoms with E-state index in [1.807, 2.05) is 0 Å². The number of aliphatic hydroxyl groups excluding tert-OH is 1. The fourth-order valence-corrected chi connectivity index (χ4v) is 3.74. The SMILES string of the molecule is OC1CC2CCC(C1)N2C1CCCOC1. The Hall–Kier alpha value is -0.120. The van der Waals surface area contributed by atoms with Gasteiger partial charge in [0.25, 0.3) is 0 Å². The third-order valence-corrected chi connectivity index (χ3v) is 4.32. The van der Waals surface area contributed by atoms with Gasteiger partial charge in [-0.2, -0.15) is 0 Å². The summed E-state index contributed by atoms with van der Waals surface area (Å²) < 4.78 is 5.58. The van der Waals surface area contributed by atoms with Gasteiger partial charge in [0.15, 0.2) is 0 Å². The van der Waals surface area contributed by atoms with Crippen LogP contribution in [0.3, 0.4) is 0 Å². The number of piperidine rings is 1. The van der Waals surface area contributed by atoms with E-state index in [2.05, 4.69) is 4.90 Å². The zero-order valence-electron chi connectivity index (χ0n) is 9.27. The predicted molar refractivity (Wildman–Crippen MR) is 57.7 cm³/mol. The molecule has 3 heteroatoms. The number of hydrogen-bond acceptors (Lipinski definition) is 3. The van der Waals surface area contributed by atoms with Gasteiger partial charge in [-0.1, -0.05) is 0 Å². The minimum atomic E-state index is -0.0386. The third kappa shape index (κ3) is 1.81. The zero-order valence-corrected chi connectivity index (χ0v) is 9.27. The van der Waals surface area contributed by atoms with Gasteiger partial charge in [0.05, 0.1) is 12.7 Å². The first-order valence-electron chi connectivity index (χ1n) is 6.38. The molecule has 0 amide bonds. The van der Waals surface area contributed by atoms with Crippen LogP contribution in [0.4, 0.5) is 0 Å². The number of fused-ring (bicyclic) bond motifs is 2. The first kappa shape index (κ1) is 10.1. The largest absolute Gasteiger partial charge is 0.393 e. The molecular formula is C12H21NO2. The van der Waals surface area contributed by atoms with Gasteiger partial charge in [-0.3, -0.25) is 4.90 Å². The number of nitrogens with zero attached hydrogens (tertiary/aromatic N) is 1. The minimum Gasteiger partial charge on any atom is -0.393 e. The van der Waals surface area contributed by atoms with E-state index in [4.69, 9.17) is 4.74 Å². The van der Waals surface area contributed by atoms with Gasteiger partial charge in [-0.25, -0.2) is 0 Å². The average molecular weight is 211 g/mol. The highest BCUT2D eigenvalue weighted by Gasteiger charge is 2.43. The molecule has 3 fully saturated rings. The lowest BCUT2D eigenvalue weighted by atomic mass is 9.96. The number of aliphatic hydroxyl groups is 1. The zero-order chi connectivity index (χ0) is 10.3. The Morgan fingerprint density at radius 1 is 1.00 bits per heavy atom. The second kappa shape index (κ2) is 4.04. The Bertz CT molecular complexity index is 214. The Labute approximate surface area is 91.4 Å². The van der Waals surface area contributed by atoms with Crippen molar-refractivity contribution in [3.63, 3.8) is 0 Å². The van der Waals surface area contributed by atoms with Gasteiger partial charge in [0, 0.05) is 24.7 Å². The summed E-state index contributed by atoms with van der Waals surface area (Å²) in [6.45, 7) is 1.87. The first-order valence-corrected chi connectivity index (χ1v) is 6.38. The van der Waals surface area contributed by atoms with Crippen molar-refractivity contribution in [3.8, 4) is 0 Å². The molecule has 3 saturated heterocycles. The maximum Gasteiger partial charge on any atom is 0.0622 e. The van der Waals surface area contributed by atoms with E-state index in [9.17, 15) is 5.11 Å². The normalized spacial score (nSPS) is 47.0. The second-order valence-electron chi connectivity index (χ2n) is 5.33. The third-order valence-electron chi connectivity index (χ3n) is 4.32. The van der Waals surface area contributed by atoms with E-state index >= 15 is 0 Å². The van der Waals surface area contributed by atoms with Crippen LogP contribution in [0.2, 0.25) is 0 Å². The van der Waals surface area contributed by atoms with Crippen LogP contribution >= 0.6 is 0 Å². The lowest BCUT2D eigenvalue weighted by Gasteiger charge is -2.43. The van der Waals surface area contributed by atoms with E-state index in [-0.39, 0.29) is 6.10 Å². The van der Waals surface area contributed by atoms with Gasteiger partial charge in [-0.05, 0) is 38.5 Å². The molecule has 86 valence electrons. The summed E-state index contributed by atoms with van der Waals surface area (Å²) in [6.07, 6.45) is 7.03. The van der Waals surface area contributed by atoms with Gasteiger partial charge < -0.3 is 9.84 Å². The molecule has 0 saturated carbocycles. The highest BCUT2D eigenvalue weighted by molar-refractivity contribution is 4.98. The summed E-state index contributed by atoms with van der Waals surface area (Å²) in [6, 6.07) is 1.93. The van der Waals surface area contributed by atoms with Crippen molar-refractivity contribution in [2.75, 3.05) is 13.2 Å². The molecule has 0 aliphatic carbocycles. The van der Waals surface area contributed by atoms with Gasteiger partial charge >= 0.3 is 0 Å². The minimum absolute atomic E-state index is 0.0386. The standard InChI is InChI=1S/C12H21NO2/c14-12-6-9-3-4-10(7-12)13(9)11-2-1-5-15-8-11/h9-12,14H,1-8H2. The lowest BCUT2D eigenvalue weighted by molar-refractivity contribution is -0.0415. The molecular weight excluding hydrogens is 190 g/mol. The number of rotatable bonds is 1. The quantitative estimate of drug-likeness (QED) is 0.706. The topological polar surface area (TPSA) is 32.7 Å². The molecule has 3 heterocycles. The second-order valence-corrected chi connectivity index (χ2v) is 5.33. The smallest absolute Gasteiger partial charge is 0.0622 e. The summed E-state index contributed by atoms with van der Waals surface area (Å²) >= 11 is 0. The highest BCUT2D eigenvalue weighted by Crippen LogP contribution is 2.38. The number of ether oxygens (including phenoxy) is 1. The van der Waals surface area contributed by atoms with Crippen molar-refractivity contribution in [2.24, 2.45) is 0 Å². The summed E-state index contributed by atoms with van der Waals surface area (Å²) in [5.41, 5.74) is 0. The molecule has 3 atom stereocenters. The molecule has 3 aliphatic heterocycles. The van der Waals surface area contributed by atoms with Crippen LogP contribution in [-0.4, -0.2) is 47.4 Å². The molecule has 0 radical (unpaired) electrons. The van der Waals surface area contributed by atoms with E-state index < -0.39 is 0 Å². The van der Waals surface area contributed by atoms with Crippen LogP contribution in [0.15, 0.2) is 0 Å². The van der Waals surface area contributed by atoms with Gasteiger partial charge in [-0.15, -0.1) is 0 Å². The van der Waals surface area contributed by atoms with Crippen LogP contribution in [-0.2, 0) is 4.74 Å². The monoisotopic (exact) mass is 211 g/mol. The Kier molecular flexibility index (Phi) is 2.71. The van der Waals surface area contributed by atoms with Crippen LogP contribution in [0.5, 0.6) is 0 Å². The molecule has 3 nitrogen and oxygen atoms in total. The first-order chi connectivity index (χ1) is 7.34. The van der Waals surface area contributed by atoms with Crippen LogP contribution < -0.4 is 0 Å². The maximum atomic E-state index is 9.75. The van der Waals surface area contributed by atoms with E-state index in [1.54, 1.807) is 0 Å². The highest BCUT2D eigenvalue weighted by atomic mass is 16.5. The van der Waals surface area contributed by atoms with E-state index in [0.29, 0.717) is 18.1 Å². The Morgan fingerprint density at radius 2 is 1.73 bits per heavy atom. The van der Waals surface area contributed by atoms with Crippen molar-refractivity contribution < 1.29 is 9.84 Å². The predicted octanol–water partition coefficient (Wildman–Crippen LogP) is 1.15. The molecule has 3 rings (SSSR count). The van der Waals surface area contributed by atoms with Crippen molar-refractivity contribution >= 4 is 0 Å². The molecule has 0 aromatic carbocycles. The fraction of sp³-hybridized carbons (Fsp3) is 1.00. The molecule has 0 spiro atoms. The van der Waals surface area contributed by atoms with Crippen molar-refractivity contribution in [3.05, 3.63) is 0 Å². The maximum absolute atomic E-state index is 9.75. The molecule has 15 heavy (non-hydrogen) atoms. The Morgan fingerprint density at radius 3 is 2.33 bits per heavy atom. The number of hydrogen-bond donors (Lipinski definition) is 1. The van der Waals surface area contributed by atoms with Gasteiger partial charge in [0.1, 0.15) is 0 Å². The van der Waals surface area contributed by atoms with Crippen molar-refractivity contribution in [1.82, 2.24) is 4.90 Å². The van der Waals surface area contributed by atoms with Crippen molar-refractivity contribution in [2.45, 2.75) is 62.8 Å². The van der Waals surface area contributed by atoms with Crippen LogP contribution in [0, 0.1) is 0 Å². The van der Waals surface area contributed by atoms with Gasteiger partial charge in [0.2, 0.25) is 0 Å². The molecule has 0 aromatic rings. The van der Waals surface area contributed by atoms with Crippen LogP contribution in [0.1, 0.15) is 38.5 Å². The molecule has 1 N–H and O–H groups in total. The molecule has 0 aromatic heterocycles. The summed E-state index contributed by atoms with van der Waals surface area (Å²) in [7, 11) is 0. The molecule has 2 bridgehead atoms. The Balaban J connectivity index is 1.70. The van der Waals surface area contributed by atoms with Crippen molar-refractivity contribution in [1.29, 1.82) is 0 Å². The average Bonchev–Trinajstić information content (AvgIpc) is 2.53. The van der Waals surface area contributed by atoms with E-state index in [1.165, 1.54) is 25.7 Å². The summed E-state index contributed by atoms with van der Waals surface area (Å²) in [5, 5.41) is 9.75. The van der Waals surface area contributed by atoms with E-state index in [0.717, 1.165) is 26.1 Å². The summed E-state index contributed by atoms with van der Waals surface area (Å²) in [5.74, 6) is 0. The molecule has 3 aliphatic rings. The fourth-order valence-electron chi connectivity index (χ4n) is 3.74.